The molecule has 2 unspecified atom stereocenters. The highest BCUT2D eigenvalue weighted by Gasteiger charge is 2.30. The van der Waals surface area contributed by atoms with E-state index in [-0.39, 0.29) is 25.7 Å². The zero-order valence-corrected chi connectivity index (χ0v) is 63.2. The number of unbranched alkanes of at least 4 members (excludes halogenated alkanes) is 40. The number of carbonyl (C=O) groups excluding carboxylic acids is 4. The molecule has 0 saturated carbocycles. The summed E-state index contributed by atoms with van der Waals surface area (Å²) in [6, 6.07) is 0. The molecule has 0 aliphatic heterocycles. The van der Waals surface area contributed by atoms with Gasteiger partial charge in [0.2, 0.25) is 0 Å². The molecule has 0 aromatic heterocycles. The predicted octanol–water partition coefficient (Wildman–Crippen LogP) is 21.9. The molecule has 0 spiro atoms. The number of carbonyl (C=O) groups is 4. The molecule has 0 radical (unpaired) electrons. The highest BCUT2D eigenvalue weighted by molar-refractivity contribution is 7.47. The topological polar surface area (TPSA) is 237 Å². The number of aliphatic hydroxyl groups is 1. The van der Waals surface area contributed by atoms with Crippen LogP contribution < -0.4 is 0 Å². The highest BCUT2D eigenvalue weighted by Crippen LogP contribution is 2.45. The number of ether oxygens (including phenoxy) is 4. The normalized spacial score (nSPS) is 14.2. The maximum absolute atomic E-state index is 13.1. The summed E-state index contributed by atoms with van der Waals surface area (Å²) >= 11 is 0. The minimum Gasteiger partial charge on any atom is -0.462 e. The standard InChI is InChI=1S/C76H144O17P2/c1-7-9-11-13-15-17-18-19-21-25-28-35-41-47-53-59-74(79)87-65-72(92-75(80)60-54-48-42-36-29-26-23-20-22-24-27-33-38-44-50-56-68(3)4)67-91-95(84,85)89-63-70(77)62-88-94(82,83)90-66-71(64-86-73(78)58-52-46-40-32-16-14-12-10-8-2)93-76(81)61-55-49-43-37-31-30-34-39-45-51-57-69(5)6/h17-19,21,68-72,77H,7-16,20,22-67H2,1-6H3,(H,82,83)(H,84,85)/b18-17-,21-19-/t70-,71+,72+/m0/s1. The molecule has 0 amide bonds. The summed E-state index contributed by atoms with van der Waals surface area (Å²) in [6.07, 6.45) is 57.7. The molecule has 3 N–H and O–H groups in total. The fourth-order valence-corrected chi connectivity index (χ4v) is 12.7. The van der Waals surface area contributed by atoms with Gasteiger partial charge in [-0.3, -0.25) is 37.3 Å². The fraction of sp³-hybridized carbons (Fsp3) is 0.895. The molecule has 95 heavy (non-hydrogen) atoms. The zero-order chi connectivity index (χ0) is 70.0. The molecule has 0 rings (SSSR count). The summed E-state index contributed by atoms with van der Waals surface area (Å²) < 4.78 is 68.4. The quantitative estimate of drug-likeness (QED) is 0.0169. The third-order valence-electron chi connectivity index (χ3n) is 17.1. The largest absolute Gasteiger partial charge is 0.472 e. The number of phosphoric ester groups is 2. The second kappa shape index (κ2) is 67.4. The Morgan fingerprint density at radius 2 is 0.568 bits per heavy atom. The Labute approximate surface area is 580 Å². The van der Waals surface area contributed by atoms with E-state index in [0.717, 1.165) is 121 Å². The van der Waals surface area contributed by atoms with Gasteiger partial charge in [0.25, 0.3) is 0 Å². The van der Waals surface area contributed by atoms with Crippen molar-refractivity contribution in [1.82, 2.24) is 0 Å². The van der Waals surface area contributed by atoms with Gasteiger partial charge in [-0.15, -0.1) is 0 Å². The monoisotopic (exact) mass is 1390 g/mol. The maximum Gasteiger partial charge on any atom is 0.472 e. The Morgan fingerprint density at radius 1 is 0.326 bits per heavy atom. The van der Waals surface area contributed by atoms with E-state index in [1.54, 1.807) is 0 Å². The lowest BCUT2D eigenvalue weighted by molar-refractivity contribution is -0.161. The van der Waals surface area contributed by atoms with Gasteiger partial charge in [-0.1, -0.05) is 316 Å². The smallest absolute Gasteiger partial charge is 0.462 e. The van der Waals surface area contributed by atoms with Crippen LogP contribution in [0.2, 0.25) is 0 Å². The third-order valence-corrected chi connectivity index (χ3v) is 19.0. The summed E-state index contributed by atoms with van der Waals surface area (Å²) in [5, 5.41) is 10.6. The molecule has 0 heterocycles. The third kappa shape index (κ3) is 69.8. The van der Waals surface area contributed by atoms with Crippen molar-refractivity contribution in [3.05, 3.63) is 24.3 Å². The van der Waals surface area contributed by atoms with E-state index in [4.69, 9.17) is 37.0 Å². The molecule has 0 saturated heterocycles. The van der Waals surface area contributed by atoms with Crippen molar-refractivity contribution in [2.45, 2.75) is 387 Å². The van der Waals surface area contributed by atoms with Gasteiger partial charge in [-0.25, -0.2) is 9.13 Å². The summed E-state index contributed by atoms with van der Waals surface area (Å²) in [7, 11) is -9.92. The summed E-state index contributed by atoms with van der Waals surface area (Å²) in [6.45, 7) is 9.53. The number of esters is 4. The number of phosphoric acid groups is 2. The second-order valence-electron chi connectivity index (χ2n) is 27.7. The van der Waals surface area contributed by atoms with Gasteiger partial charge < -0.3 is 33.8 Å². The van der Waals surface area contributed by atoms with Crippen molar-refractivity contribution in [1.29, 1.82) is 0 Å². The SMILES string of the molecule is CCCCCC/C=C\C=C/CCCCCCCC(=O)OC[C@H](COP(=O)(O)OC[C@@H](O)COP(=O)(O)OC[C@@H](COC(=O)CCCCCCCCCCC)OC(=O)CCCCCCCCCCCCC(C)C)OC(=O)CCCCCCCCCCCCCCCCCC(C)C. The predicted molar refractivity (Wildman–Crippen MR) is 386 cm³/mol. The van der Waals surface area contributed by atoms with Crippen LogP contribution in [0.25, 0.3) is 0 Å². The van der Waals surface area contributed by atoms with Crippen LogP contribution in [0, 0.1) is 11.8 Å². The molecule has 0 aliphatic rings. The number of aliphatic hydroxyl groups excluding tert-OH is 1. The average Bonchev–Trinajstić information content (AvgIpc) is 2.41. The van der Waals surface area contributed by atoms with Gasteiger partial charge in [0.05, 0.1) is 26.4 Å². The first-order chi connectivity index (χ1) is 45.9. The minimum atomic E-state index is -4.96. The van der Waals surface area contributed by atoms with Crippen LogP contribution in [0.1, 0.15) is 369 Å². The van der Waals surface area contributed by atoms with Crippen LogP contribution in [-0.2, 0) is 65.4 Å². The summed E-state index contributed by atoms with van der Waals surface area (Å²) in [5.74, 6) is -0.596. The molecule has 0 fully saturated rings. The van der Waals surface area contributed by atoms with Gasteiger partial charge in [0.15, 0.2) is 12.2 Å². The van der Waals surface area contributed by atoms with Crippen molar-refractivity contribution in [2.24, 2.45) is 11.8 Å². The van der Waals surface area contributed by atoms with Crippen LogP contribution in [-0.4, -0.2) is 96.7 Å². The van der Waals surface area contributed by atoms with E-state index in [1.807, 2.05) is 0 Å². The molecule has 560 valence electrons. The number of allylic oxidation sites excluding steroid dienone is 4. The van der Waals surface area contributed by atoms with E-state index in [1.165, 1.54) is 167 Å². The lowest BCUT2D eigenvalue weighted by Crippen LogP contribution is -2.30. The number of rotatable bonds is 73. The fourth-order valence-electron chi connectivity index (χ4n) is 11.1. The van der Waals surface area contributed by atoms with Crippen LogP contribution in [0.3, 0.4) is 0 Å². The van der Waals surface area contributed by atoms with Crippen molar-refractivity contribution in [3.63, 3.8) is 0 Å². The van der Waals surface area contributed by atoms with Gasteiger partial charge in [0, 0.05) is 25.7 Å². The van der Waals surface area contributed by atoms with Crippen LogP contribution in [0.15, 0.2) is 24.3 Å². The first-order valence-electron chi connectivity index (χ1n) is 38.8. The van der Waals surface area contributed by atoms with Gasteiger partial charge in [-0.2, -0.15) is 0 Å². The zero-order valence-electron chi connectivity index (χ0n) is 61.5. The molecular weight excluding hydrogens is 1250 g/mol. The Bertz CT molecular complexity index is 1930. The van der Waals surface area contributed by atoms with Crippen molar-refractivity contribution in [2.75, 3.05) is 39.6 Å². The number of hydrogen-bond acceptors (Lipinski definition) is 15. The number of hydrogen-bond donors (Lipinski definition) is 3. The first kappa shape index (κ1) is 92.5. The average molecular weight is 1390 g/mol. The van der Waals surface area contributed by atoms with Crippen LogP contribution >= 0.6 is 15.6 Å². The summed E-state index contributed by atoms with van der Waals surface area (Å²) in [5.41, 5.74) is 0. The van der Waals surface area contributed by atoms with E-state index < -0.39 is 97.5 Å². The van der Waals surface area contributed by atoms with Crippen molar-refractivity contribution >= 4 is 39.5 Å². The van der Waals surface area contributed by atoms with Crippen molar-refractivity contribution < 1.29 is 80.2 Å². The lowest BCUT2D eigenvalue weighted by atomic mass is 10.0. The molecule has 0 aliphatic carbocycles. The van der Waals surface area contributed by atoms with E-state index in [2.05, 4.69) is 65.8 Å². The van der Waals surface area contributed by atoms with Crippen LogP contribution in [0.4, 0.5) is 0 Å². The molecule has 5 atom stereocenters. The lowest BCUT2D eigenvalue weighted by Gasteiger charge is -2.21. The van der Waals surface area contributed by atoms with Gasteiger partial charge >= 0.3 is 39.5 Å². The Balaban J connectivity index is 5.27. The van der Waals surface area contributed by atoms with Gasteiger partial charge in [0.1, 0.15) is 19.3 Å². The second-order valence-corrected chi connectivity index (χ2v) is 30.6. The highest BCUT2D eigenvalue weighted by atomic mass is 31.2. The molecule has 0 bridgehead atoms. The van der Waals surface area contributed by atoms with Crippen LogP contribution in [0.5, 0.6) is 0 Å². The Kier molecular flexibility index (Phi) is 65.6. The van der Waals surface area contributed by atoms with E-state index in [9.17, 15) is 43.2 Å². The van der Waals surface area contributed by atoms with Crippen molar-refractivity contribution in [3.8, 4) is 0 Å². The molecular formula is C76H144O17P2. The maximum atomic E-state index is 13.1. The van der Waals surface area contributed by atoms with E-state index >= 15 is 0 Å². The van der Waals surface area contributed by atoms with Gasteiger partial charge in [-0.05, 0) is 63.2 Å². The Hall–Kier alpha value is -2.46. The summed E-state index contributed by atoms with van der Waals surface area (Å²) in [4.78, 5) is 72.7. The molecule has 0 aromatic carbocycles. The molecule has 17 nitrogen and oxygen atoms in total. The Morgan fingerprint density at radius 3 is 0.863 bits per heavy atom. The minimum absolute atomic E-state index is 0.101. The molecule has 19 heteroatoms. The van der Waals surface area contributed by atoms with E-state index in [0.29, 0.717) is 25.7 Å². The first-order valence-corrected chi connectivity index (χ1v) is 41.8. The molecule has 0 aromatic rings.